The van der Waals surface area contributed by atoms with Crippen LogP contribution in [0.4, 0.5) is 4.39 Å². The first-order valence-electron chi connectivity index (χ1n) is 6.37. The molecule has 1 N–H and O–H groups in total. The van der Waals surface area contributed by atoms with Crippen molar-refractivity contribution < 1.29 is 14.3 Å². The first-order chi connectivity index (χ1) is 9.95. The number of benzene rings is 2. The van der Waals surface area contributed by atoms with Gasteiger partial charge in [-0.05, 0) is 54.3 Å². The Kier molecular flexibility index (Phi) is 5.37. The number of carboxylic acid groups (broad SMARTS) is 1. The van der Waals surface area contributed by atoms with E-state index in [4.69, 9.17) is 11.6 Å². The van der Waals surface area contributed by atoms with Crippen molar-refractivity contribution in [2.45, 2.75) is 12.8 Å². The average Bonchev–Trinajstić information content (AvgIpc) is 2.42. The normalized spacial score (nSPS) is 12.1. The van der Waals surface area contributed by atoms with E-state index in [2.05, 4.69) is 15.9 Å². The molecule has 0 aliphatic rings. The van der Waals surface area contributed by atoms with Gasteiger partial charge in [0.1, 0.15) is 5.82 Å². The predicted molar refractivity (Wildman–Crippen MR) is 84.1 cm³/mol. The van der Waals surface area contributed by atoms with Crippen molar-refractivity contribution in [2.75, 3.05) is 0 Å². The van der Waals surface area contributed by atoms with Crippen LogP contribution in [-0.2, 0) is 17.6 Å². The minimum absolute atomic E-state index is 0.132. The van der Waals surface area contributed by atoms with E-state index in [1.54, 1.807) is 30.3 Å². The molecule has 0 saturated heterocycles. The summed E-state index contributed by atoms with van der Waals surface area (Å²) in [5, 5.41) is 9.92. The van der Waals surface area contributed by atoms with Crippen LogP contribution in [0.15, 0.2) is 46.9 Å². The molecule has 0 bridgehead atoms. The van der Waals surface area contributed by atoms with Crippen LogP contribution in [0.1, 0.15) is 11.1 Å². The van der Waals surface area contributed by atoms with Crippen LogP contribution in [0.2, 0.25) is 5.02 Å². The van der Waals surface area contributed by atoms with E-state index in [9.17, 15) is 14.3 Å². The fraction of sp³-hybridized carbons (Fsp3) is 0.188. The predicted octanol–water partition coefficient (Wildman–Crippen LogP) is 4.73. The van der Waals surface area contributed by atoms with E-state index in [1.807, 2.05) is 6.07 Å². The third kappa shape index (κ3) is 4.55. The van der Waals surface area contributed by atoms with E-state index in [0.717, 1.165) is 10.0 Å². The van der Waals surface area contributed by atoms with Crippen molar-refractivity contribution in [3.63, 3.8) is 0 Å². The average molecular weight is 372 g/mol. The van der Waals surface area contributed by atoms with Crippen LogP contribution in [0.25, 0.3) is 0 Å². The summed E-state index contributed by atoms with van der Waals surface area (Å²) in [6.45, 7) is 0. The maximum Gasteiger partial charge on any atom is 0.307 e. The maximum atomic E-state index is 13.8. The van der Waals surface area contributed by atoms with Crippen LogP contribution in [0.3, 0.4) is 0 Å². The lowest BCUT2D eigenvalue weighted by Gasteiger charge is -2.13. The molecule has 5 heteroatoms. The number of rotatable bonds is 5. The Bertz CT molecular complexity index is 660. The molecule has 2 nitrogen and oxygen atoms in total. The van der Waals surface area contributed by atoms with Gasteiger partial charge in [0, 0.05) is 9.50 Å². The van der Waals surface area contributed by atoms with E-state index < -0.39 is 17.7 Å². The van der Waals surface area contributed by atoms with Gasteiger partial charge in [-0.2, -0.15) is 0 Å². The number of halogens is 3. The first-order valence-corrected chi connectivity index (χ1v) is 7.54. The monoisotopic (exact) mass is 370 g/mol. The van der Waals surface area contributed by atoms with Crippen LogP contribution < -0.4 is 0 Å². The van der Waals surface area contributed by atoms with E-state index in [0.29, 0.717) is 17.0 Å². The van der Waals surface area contributed by atoms with Crippen molar-refractivity contribution in [1.82, 2.24) is 0 Å². The van der Waals surface area contributed by atoms with Gasteiger partial charge in [-0.3, -0.25) is 4.79 Å². The van der Waals surface area contributed by atoms with E-state index in [1.165, 1.54) is 6.07 Å². The molecule has 0 heterocycles. The summed E-state index contributed by atoms with van der Waals surface area (Å²) in [5.74, 6) is -2.04. The minimum atomic E-state index is -0.950. The molecule has 1 unspecified atom stereocenters. The summed E-state index contributed by atoms with van der Waals surface area (Å²) < 4.78 is 14.5. The molecule has 0 amide bonds. The summed E-state index contributed by atoms with van der Waals surface area (Å²) in [4.78, 5) is 11.4. The molecular formula is C16H13BrClFO2. The van der Waals surface area contributed by atoms with Gasteiger partial charge in [0.05, 0.1) is 5.92 Å². The van der Waals surface area contributed by atoms with Crippen LogP contribution in [0, 0.1) is 11.7 Å². The fourth-order valence-electron chi connectivity index (χ4n) is 2.16. The number of carboxylic acids is 1. The molecular weight excluding hydrogens is 359 g/mol. The van der Waals surface area contributed by atoms with Crippen LogP contribution in [0.5, 0.6) is 0 Å². The highest BCUT2D eigenvalue weighted by atomic mass is 79.9. The highest BCUT2D eigenvalue weighted by molar-refractivity contribution is 9.10. The Morgan fingerprint density at radius 3 is 2.67 bits per heavy atom. The zero-order valence-electron chi connectivity index (χ0n) is 11.0. The van der Waals surface area contributed by atoms with Crippen molar-refractivity contribution in [2.24, 2.45) is 5.92 Å². The number of carbonyl (C=O) groups is 1. The Morgan fingerprint density at radius 1 is 1.24 bits per heavy atom. The molecule has 0 fully saturated rings. The van der Waals surface area contributed by atoms with Gasteiger partial charge in [-0.1, -0.05) is 39.7 Å². The second-order valence-corrected chi connectivity index (χ2v) is 6.16. The summed E-state index contributed by atoms with van der Waals surface area (Å²) in [6, 6.07) is 11.6. The Balaban J connectivity index is 2.20. The smallest absolute Gasteiger partial charge is 0.307 e. The number of aliphatic carboxylic acids is 1. The lowest BCUT2D eigenvalue weighted by Crippen LogP contribution is -2.19. The van der Waals surface area contributed by atoms with Gasteiger partial charge < -0.3 is 5.11 Å². The summed E-state index contributed by atoms with van der Waals surface area (Å²) in [5.41, 5.74) is 1.21. The van der Waals surface area contributed by atoms with E-state index >= 15 is 0 Å². The minimum Gasteiger partial charge on any atom is -0.481 e. The van der Waals surface area contributed by atoms with Crippen LogP contribution in [-0.4, -0.2) is 11.1 Å². The highest BCUT2D eigenvalue weighted by Gasteiger charge is 2.20. The van der Waals surface area contributed by atoms with Crippen molar-refractivity contribution in [1.29, 1.82) is 0 Å². The van der Waals surface area contributed by atoms with Gasteiger partial charge in [0.2, 0.25) is 0 Å². The number of hydrogen-bond acceptors (Lipinski definition) is 1. The van der Waals surface area contributed by atoms with Crippen molar-refractivity contribution in [3.05, 3.63) is 68.9 Å². The Morgan fingerprint density at radius 2 is 2.00 bits per heavy atom. The highest BCUT2D eigenvalue weighted by Crippen LogP contribution is 2.22. The second kappa shape index (κ2) is 7.05. The standard InChI is InChI=1S/C16H13BrClFO2/c17-13-4-5-15(19)11(9-13)8-12(16(20)21)6-10-2-1-3-14(18)7-10/h1-5,7,9,12H,6,8H2,(H,20,21). The molecule has 1 atom stereocenters. The lowest BCUT2D eigenvalue weighted by molar-refractivity contribution is -0.141. The summed E-state index contributed by atoms with van der Waals surface area (Å²) in [7, 11) is 0. The maximum absolute atomic E-state index is 13.8. The van der Waals surface area contributed by atoms with E-state index in [-0.39, 0.29) is 6.42 Å². The molecule has 0 radical (unpaired) electrons. The van der Waals surface area contributed by atoms with Gasteiger partial charge in [0.15, 0.2) is 0 Å². The topological polar surface area (TPSA) is 37.3 Å². The fourth-order valence-corrected chi connectivity index (χ4v) is 2.78. The molecule has 2 aromatic rings. The van der Waals surface area contributed by atoms with Crippen molar-refractivity contribution >= 4 is 33.5 Å². The lowest BCUT2D eigenvalue weighted by atomic mass is 9.92. The Hall–Kier alpha value is -1.39. The summed E-state index contributed by atoms with van der Waals surface area (Å²) >= 11 is 9.17. The van der Waals surface area contributed by atoms with Crippen LogP contribution >= 0.6 is 27.5 Å². The quantitative estimate of drug-likeness (QED) is 0.825. The molecule has 0 spiro atoms. The molecule has 21 heavy (non-hydrogen) atoms. The molecule has 110 valence electrons. The largest absolute Gasteiger partial charge is 0.481 e. The third-order valence-corrected chi connectivity index (χ3v) is 3.92. The van der Waals surface area contributed by atoms with Gasteiger partial charge >= 0.3 is 5.97 Å². The van der Waals surface area contributed by atoms with Gasteiger partial charge in [-0.25, -0.2) is 4.39 Å². The molecule has 2 aromatic carbocycles. The molecule has 0 aromatic heterocycles. The zero-order chi connectivity index (χ0) is 15.4. The molecule has 2 rings (SSSR count). The molecule has 0 aliphatic heterocycles. The zero-order valence-corrected chi connectivity index (χ0v) is 13.4. The SMILES string of the molecule is O=C(O)C(Cc1cccc(Cl)c1)Cc1cc(Br)ccc1F. The second-order valence-electron chi connectivity index (χ2n) is 4.81. The third-order valence-electron chi connectivity index (χ3n) is 3.19. The molecule has 0 saturated carbocycles. The summed E-state index contributed by atoms with van der Waals surface area (Å²) in [6.07, 6.45) is 0.439. The number of hydrogen-bond donors (Lipinski definition) is 1. The van der Waals surface area contributed by atoms with Crippen molar-refractivity contribution in [3.8, 4) is 0 Å². The Labute approximate surface area is 135 Å². The van der Waals surface area contributed by atoms with Gasteiger partial charge in [-0.15, -0.1) is 0 Å². The first kappa shape index (κ1) is 16.0. The molecule has 0 aliphatic carbocycles. The van der Waals surface area contributed by atoms with Gasteiger partial charge in [0.25, 0.3) is 0 Å².